The molecule has 0 aromatic heterocycles. The molecule has 3 fully saturated rings. The molecule has 1 aliphatic carbocycles. The summed E-state index contributed by atoms with van der Waals surface area (Å²) in [6, 6.07) is 7.52. The molecule has 0 bridgehead atoms. The lowest BCUT2D eigenvalue weighted by Crippen LogP contribution is -2.52. The average molecular weight is 377 g/mol. The third kappa shape index (κ3) is 3.35. The van der Waals surface area contributed by atoms with E-state index in [0.29, 0.717) is 31.2 Å². The van der Waals surface area contributed by atoms with Crippen LogP contribution in [0.1, 0.15) is 12.8 Å². The minimum absolute atomic E-state index is 0.110. The number of hydrogen-bond donors (Lipinski definition) is 0. The summed E-state index contributed by atoms with van der Waals surface area (Å²) >= 11 is 6.04. The second-order valence-corrected chi connectivity index (χ2v) is 7.41. The van der Waals surface area contributed by atoms with Crippen molar-refractivity contribution in [3.8, 4) is 0 Å². The van der Waals surface area contributed by atoms with Crippen LogP contribution in [0.3, 0.4) is 0 Å². The number of nitrogens with zero attached hydrogens (tertiary/aromatic N) is 4. The van der Waals surface area contributed by atoms with Crippen LogP contribution in [0.25, 0.3) is 0 Å². The summed E-state index contributed by atoms with van der Waals surface area (Å²) in [4.78, 5) is 43.6. The molecule has 1 aromatic rings. The Hall–Kier alpha value is -2.28. The van der Waals surface area contributed by atoms with Crippen molar-refractivity contribution in [2.45, 2.75) is 18.9 Å². The zero-order valence-corrected chi connectivity index (χ0v) is 15.2. The number of benzene rings is 1. The maximum atomic E-state index is 12.6. The molecule has 4 rings (SSSR count). The topological polar surface area (TPSA) is 64.2 Å². The van der Waals surface area contributed by atoms with E-state index in [2.05, 4.69) is 4.90 Å². The molecule has 2 saturated heterocycles. The molecule has 26 heavy (non-hydrogen) atoms. The quantitative estimate of drug-likeness (QED) is 0.745. The first-order valence-corrected chi connectivity index (χ1v) is 9.30. The van der Waals surface area contributed by atoms with Crippen molar-refractivity contribution in [3.05, 3.63) is 29.3 Å². The van der Waals surface area contributed by atoms with Gasteiger partial charge in [-0.25, -0.2) is 4.79 Å². The van der Waals surface area contributed by atoms with Gasteiger partial charge in [0.05, 0.1) is 0 Å². The summed E-state index contributed by atoms with van der Waals surface area (Å²) < 4.78 is 0. The molecule has 0 radical (unpaired) electrons. The van der Waals surface area contributed by atoms with Gasteiger partial charge in [-0.15, -0.1) is 0 Å². The number of imide groups is 1. The fourth-order valence-corrected chi connectivity index (χ4v) is 3.69. The van der Waals surface area contributed by atoms with Crippen molar-refractivity contribution in [1.29, 1.82) is 0 Å². The molecule has 8 heteroatoms. The summed E-state index contributed by atoms with van der Waals surface area (Å²) in [5.74, 6) is -0.442. The van der Waals surface area contributed by atoms with E-state index in [1.54, 1.807) is 9.80 Å². The monoisotopic (exact) mass is 376 g/mol. The van der Waals surface area contributed by atoms with Crippen LogP contribution in [0.2, 0.25) is 5.02 Å². The first-order chi connectivity index (χ1) is 12.5. The van der Waals surface area contributed by atoms with E-state index in [0.717, 1.165) is 23.4 Å². The maximum Gasteiger partial charge on any atom is 0.327 e. The summed E-state index contributed by atoms with van der Waals surface area (Å²) in [5.41, 5.74) is 1.04. The Morgan fingerprint density at radius 3 is 2.50 bits per heavy atom. The van der Waals surface area contributed by atoms with Crippen LogP contribution in [0.5, 0.6) is 0 Å². The molecule has 0 N–H and O–H groups in total. The SMILES string of the molecule is O=C(CN1C(=O)CN(C2CC2)C1=O)N1CCN(c2cccc(Cl)c2)CC1. The number of anilines is 1. The van der Waals surface area contributed by atoms with Crippen molar-refractivity contribution >= 4 is 35.1 Å². The highest BCUT2D eigenvalue weighted by Crippen LogP contribution is 2.30. The summed E-state index contributed by atoms with van der Waals surface area (Å²) in [5, 5.41) is 0.687. The molecule has 4 amide bonds. The molecule has 2 heterocycles. The van der Waals surface area contributed by atoms with Crippen LogP contribution in [-0.4, -0.2) is 77.9 Å². The lowest BCUT2D eigenvalue weighted by molar-refractivity contribution is -0.136. The van der Waals surface area contributed by atoms with Crippen LogP contribution >= 0.6 is 11.6 Å². The first-order valence-electron chi connectivity index (χ1n) is 8.92. The van der Waals surface area contributed by atoms with Crippen molar-refractivity contribution in [1.82, 2.24) is 14.7 Å². The van der Waals surface area contributed by atoms with Gasteiger partial charge in [0.1, 0.15) is 13.1 Å². The van der Waals surface area contributed by atoms with E-state index < -0.39 is 0 Å². The molecular weight excluding hydrogens is 356 g/mol. The zero-order chi connectivity index (χ0) is 18.3. The summed E-state index contributed by atoms with van der Waals surface area (Å²) in [6.07, 6.45) is 1.90. The molecule has 2 aliphatic heterocycles. The van der Waals surface area contributed by atoms with Crippen LogP contribution in [0.4, 0.5) is 10.5 Å². The standard InChI is InChI=1S/C18H21ClN4O3/c19-13-2-1-3-15(10-13)20-6-8-21(9-7-20)16(24)11-23-17(25)12-22(18(23)26)14-4-5-14/h1-3,10,14H,4-9,11-12H2. The molecule has 7 nitrogen and oxygen atoms in total. The summed E-state index contributed by atoms with van der Waals surface area (Å²) in [7, 11) is 0. The summed E-state index contributed by atoms with van der Waals surface area (Å²) in [6.45, 7) is 2.48. The molecule has 3 aliphatic rings. The van der Waals surface area contributed by atoms with Gasteiger partial charge < -0.3 is 14.7 Å². The lowest BCUT2D eigenvalue weighted by Gasteiger charge is -2.36. The molecule has 0 unspecified atom stereocenters. The number of urea groups is 1. The zero-order valence-electron chi connectivity index (χ0n) is 14.4. The lowest BCUT2D eigenvalue weighted by atomic mass is 10.2. The highest BCUT2D eigenvalue weighted by Gasteiger charge is 2.44. The predicted molar refractivity (Wildman–Crippen MR) is 97.1 cm³/mol. The Morgan fingerprint density at radius 2 is 1.85 bits per heavy atom. The van der Waals surface area contributed by atoms with E-state index in [4.69, 9.17) is 11.6 Å². The molecule has 0 spiro atoms. The van der Waals surface area contributed by atoms with Crippen molar-refractivity contribution in [3.63, 3.8) is 0 Å². The van der Waals surface area contributed by atoms with E-state index in [9.17, 15) is 14.4 Å². The van der Waals surface area contributed by atoms with Gasteiger partial charge in [0.15, 0.2) is 0 Å². The Kier molecular flexibility index (Phi) is 4.48. The normalized spacial score (nSPS) is 21.0. The minimum atomic E-state index is -0.316. The Balaban J connectivity index is 1.32. The van der Waals surface area contributed by atoms with Crippen LogP contribution in [0.15, 0.2) is 24.3 Å². The second kappa shape index (κ2) is 6.79. The minimum Gasteiger partial charge on any atom is -0.368 e. The third-order valence-corrected chi connectivity index (χ3v) is 5.41. The highest BCUT2D eigenvalue weighted by atomic mass is 35.5. The van der Waals surface area contributed by atoms with Gasteiger partial charge in [-0.2, -0.15) is 0 Å². The molecule has 138 valence electrons. The smallest absolute Gasteiger partial charge is 0.327 e. The van der Waals surface area contributed by atoms with Gasteiger partial charge in [0, 0.05) is 42.9 Å². The number of amides is 4. The van der Waals surface area contributed by atoms with Gasteiger partial charge in [0.25, 0.3) is 5.91 Å². The van der Waals surface area contributed by atoms with Crippen molar-refractivity contribution in [2.75, 3.05) is 44.2 Å². The van der Waals surface area contributed by atoms with Crippen molar-refractivity contribution in [2.24, 2.45) is 0 Å². The van der Waals surface area contributed by atoms with Gasteiger partial charge in [0.2, 0.25) is 5.91 Å². The fraction of sp³-hybridized carbons (Fsp3) is 0.500. The van der Waals surface area contributed by atoms with Gasteiger partial charge in [-0.3, -0.25) is 14.5 Å². The van der Waals surface area contributed by atoms with Crippen LogP contribution < -0.4 is 4.90 Å². The molecule has 1 saturated carbocycles. The first kappa shape index (κ1) is 17.1. The number of carbonyl (C=O) groups is 3. The second-order valence-electron chi connectivity index (χ2n) is 6.97. The Bertz CT molecular complexity index is 744. The van der Waals surface area contributed by atoms with E-state index >= 15 is 0 Å². The number of rotatable bonds is 4. The van der Waals surface area contributed by atoms with E-state index in [1.807, 2.05) is 24.3 Å². The number of hydrogen-bond acceptors (Lipinski definition) is 4. The fourth-order valence-electron chi connectivity index (χ4n) is 3.51. The maximum absolute atomic E-state index is 12.6. The molecule has 1 aromatic carbocycles. The molecular formula is C18H21ClN4O3. The van der Waals surface area contributed by atoms with Gasteiger partial charge >= 0.3 is 6.03 Å². The largest absolute Gasteiger partial charge is 0.368 e. The van der Waals surface area contributed by atoms with E-state index in [-0.39, 0.29) is 37.0 Å². The van der Waals surface area contributed by atoms with Crippen LogP contribution in [-0.2, 0) is 9.59 Å². The van der Waals surface area contributed by atoms with Gasteiger partial charge in [-0.1, -0.05) is 17.7 Å². The van der Waals surface area contributed by atoms with E-state index in [1.165, 1.54) is 0 Å². The average Bonchev–Trinajstić information content (AvgIpc) is 3.44. The highest BCUT2D eigenvalue weighted by molar-refractivity contribution is 6.30. The third-order valence-electron chi connectivity index (χ3n) is 5.17. The van der Waals surface area contributed by atoms with Crippen molar-refractivity contribution < 1.29 is 14.4 Å². The number of piperazine rings is 1. The number of carbonyl (C=O) groups excluding carboxylic acids is 3. The number of halogens is 1. The Labute approximate surface area is 157 Å². The predicted octanol–water partition coefficient (Wildman–Crippen LogP) is 1.42. The van der Waals surface area contributed by atoms with Gasteiger partial charge in [-0.05, 0) is 31.0 Å². The Morgan fingerprint density at radius 1 is 1.12 bits per heavy atom. The van der Waals surface area contributed by atoms with Crippen LogP contribution in [0, 0.1) is 0 Å². The molecule has 0 atom stereocenters.